The molecule has 0 saturated heterocycles. The number of rotatable bonds is 2. The van der Waals surface area contributed by atoms with Crippen molar-refractivity contribution in [1.29, 1.82) is 0 Å². The van der Waals surface area contributed by atoms with E-state index in [2.05, 4.69) is 4.74 Å². The zero-order valence-corrected chi connectivity index (χ0v) is 6.98. The molecule has 0 radical (unpaired) electrons. The van der Waals surface area contributed by atoms with E-state index < -0.39 is 17.8 Å². The molecule has 2 nitrogen and oxygen atoms in total. The smallest absolute Gasteiger partial charge is 0.302 e. The van der Waals surface area contributed by atoms with Crippen LogP contribution in [0.4, 0.5) is 8.78 Å². The van der Waals surface area contributed by atoms with E-state index in [1.807, 2.05) is 0 Å². The number of halogens is 2. The first-order valence-electron chi connectivity index (χ1n) is 4.03. The van der Waals surface area contributed by atoms with Gasteiger partial charge in [-0.1, -0.05) is 0 Å². The number of hydrogen-bond acceptors (Lipinski definition) is 2. The number of hydrogen-bond donors (Lipinski definition) is 0. The first-order chi connectivity index (χ1) is 5.52. The van der Waals surface area contributed by atoms with E-state index in [0.29, 0.717) is 12.8 Å². The number of esters is 1. The molecule has 1 aliphatic rings. The van der Waals surface area contributed by atoms with Gasteiger partial charge >= 0.3 is 5.97 Å². The van der Waals surface area contributed by atoms with Crippen LogP contribution in [0.2, 0.25) is 0 Å². The predicted molar refractivity (Wildman–Crippen MR) is 38.9 cm³/mol. The van der Waals surface area contributed by atoms with Crippen molar-refractivity contribution in [3.05, 3.63) is 0 Å². The molecule has 0 spiro atoms. The fourth-order valence-electron chi connectivity index (χ4n) is 1.42. The minimum atomic E-state index is -2.63. The summed E-state index contributed by atoms with van der Waals surface area (Å²) in [7, 11) is 0. The summed E-state index contributed by atoms with van der Waals surface area (Å²) >= 11 is 0. The highest BCUT2D eigenvalue weighted by molar-refractivity contribution is 5.65. The third kappa shape index (κ3) is 2.16. The van der Waals surface area contributed by atoms with E-state index in [1.54, 1.807) is 0 Å². The number of carbonyl (C=O) groups is 1. The summed E-state index contributed by atoms with van der Waals surface area (Å²) in [6.07, 6.45) is 0.915. The van der Waals surface area contributed by atoms with Crippen LogP contribution in [0.3, 0.4) is 0 Å². The second kappa shape index (κ2) is 3.37. The molecule has 1 unspecified atom stereocenters. The fraction of sp³-hybridized carbons (Fsp3) is 0.875. The molecule has 0 amide bonds. The van der Waals surface area contributed by atoms with Gasteiger partial charge in [0.25, 0.3) is 5.92 Å². The summed E-state index contributed by atoms with van der Waals surface area (Å²) in [5, 5.41) is 0. The van der Waals surface area contributed by atoms with Gasteiger partial charge in [0.2, 0.25) is 0 Å². The molecule has 0 aliphatic heterocycles. The Morgan fingerprint density at radius 3 is 2.75 bits per heavy atom. The average molecular weight is 178 g/mol. The van der Waals surface area contributed by atoms with Crippen molar-refractivity contribution in [2.75, 3.05) is 6.61 Å². The minimum absolute atomic E-state index is 0.0705. The highest BCUT2D eigenvalue weighted by atomic mass is 19.3. The summed E-state index contributed by atoms with van der Waals surface area (Å²) in [6, 6.07) is 0. The van der Waals surface area contributed by atoms with Gasteiger partial charge in [0, 0.05) is 13.3 Å². The molecule has 1 rings (SSSR count). The zero-order chi connectivity index (χ0) is 9.19. The third-order valence-corrected chi connectivity index (χ3v) is 2.15. The second-order valence-corrected chi connectivity index (χ2v) is 3.15. The Bertz CT molecular complexity index is 180. The molecule has 1 saturated carbocycles. The Morgan fingerprint density at radius 1 is 1.67 bits per heavy atom. The van der Waals surface area contributed by atoms with Crippen LogP contribution in [-0.4, -0.2) is 18.5 Å². The van der Waals surface area contributed by atoms with E-state index in [9.17, 15) is 13.6 Å². The number of ether oxygens (including phenoxy) is 1. The van der Waals surface area contributed by atoms with Gasteiger partial charge in [0.05, 0.1) is 12.5 Å². The summed E-state index contributed by atoms with van der Waals surface area (Å²) in [6.45, 7) is 1.09. The zero-order valence-electron chi connectivity index (χ0n) is 6.98. The van der Waals surface area contributed by atoms with Crippen molar-refractivity contribution in [3.63, 3.8) is 0 Å². The van der Waals surface area contributed by atoms with Crippen LogP contribution in [0.25, 0.3) is 0 Å². The van der Waals surface area contributed by atoms with Gasteiger partial charge in [-0.2, -0.15) is 0 Å². The maximum absolute atomic E-state index is 12.9. The van der Waals surface area contributed by atoms with E-state index in [1.165, 1.54) is 6.92 Å². The highest BCUT2D eigenvalue weighted by Crippen LogP contribution is 2.40. The maximum atomic E-state index is 12.9. The molecule has 0 aromatic rings. The second-order valence-electron chi connectivity index (χ2n) is 3.15. The minimum Gasteiger partial charge on any atom is -0.465 e. The highest BCUT2D eigenvalue weighted by Gasteiger charge is 2.44. The van der Waals surface area contributed by atoms with Crippen molar-refractivity contribution in [1.82, 2.24) is 0 Å². The Kier molecular flexibility index (Phi) is 2.65. The lowest BCUT2D eigenvalue weighted by molar-refractivity contribution is -0.146. The van der Waals surface area contributed by atoms with Crippen LogP contribution in [0, 0.1) is 5.92 Å². The molecular formula is C8H12F2O2. The fourth-order valence-corrected chi connectivity index (χ4v) is 1.42. The van der Waals surface area contributed by atoms with Crippen LogP contribution >= 0.6 is 0 Å². The molecule has 1 atom stereocenters. The average Bonchev–Trinajstić information content (AvgIpc) is 2.25. The van der Waals surface area contributed by atoms with Crippen molar-refractivity contribution in [2.24, 2.45) is 5.92 Å². The van der Waals surface area contributed by atoms with Gasteiger partial charge in [0.15, 0.2) is 0 Å². The van der Waals surface area contributed by atoms with Gasteiger partial charge in [-0.05, 0) is 12.8 Å². The SMILES string of the molecule is CC(=O)OCC1CCCC1(F)F. The molecule has 1 aliphatic carbocycles. The first kappa shape index (κ1) is 9.42. The number of alkyl halides is 2. The summed E-state index contributed by atoms with van der Waals surface area (Å²) in [5.74, 6) is -3.88. The van der Waals surface area contributed by atoms with Gasteiger partial charge in [0.1, 0.15) is 0 Å². The molecule has 4 heteroatoms. The lowest BCUT2D eigenvalue weighted by atomic mass is 10.1. The molecule has 0 aromatic heterocycles. The van der Waals surface area contributed by atoms with Crippen LogP contribution in [-0.2, 0) is 9.53 Å². The monoisotopic (exact) mass is 178 g/mol. The first-order valence-corrected chi connectivity index (χ1v) is 4.03. The van der Waals surface area contributed by atoms with Crippen LogP contribution < -0.4 is 0 Å². The molecule has 0 aromatic carbocycles. The molecule has 0 heterocycles. The molecule has 1 fully saturated rings. The third-order valence-electron chi connectivity index (χ3n) is 2.15. The van der Waals surface area contributed by atoms with Crippen LogP contribution in [0.1, 0.15) is 26.2 Å². The van der Waals surface area contributed by atoms with E-state index >= 15 is 0 Å². The van der Waals surface area contributed by atoms with Gasteiger partial charge < -0.3 is 4.74 Å². The molecule has 70 valence electrons. The lowest BCUT2D eigenvalue weighted by Gasteiger charge is -2.17. The number of carbonyl (C=O) groups excluding carboxylic acids is 1. The molecule has 0 N–H and O–H groups in total. The normalized spacial score (nSPS) is 27.1. The topological polar surface area (TPSA) is 26.3 Å². The molecular weight excluding hydrogens is 166 g/mol. The van der Waals surface area contributed by atoms with Gasteiger partial charge in [-0.25, -0.2) is 8.78 Å². The van der Waals surface area contributed by atoms with Crippen molar-refractivity contribution >= 4 is 5.97 Å². The van der Waals surface area contributed by atoms with E-state index in [0.717, 1.165) is 0 Å². The Balaban J connectivity index is 2.36. The van der Waals surface area contributed by atoms with Crippen molar-refractivity contribution in [2.45, 2.75) is 32.1 Å². The van der Waals surface area contributed by atoms with Gasteiger partial charge in [-0.3, -0.25) is 4.79 Å². The van der Waals surface area contributed by atoms with E-state index in [-0.39, 0.29) is 13.0 Å². The largest absolute Gasteiger partial charge is 0.465 e. The summed E-state index contributed by atoms with van der Waals surface area (Å²) in [4.78, 5) is 10.3. The quantitative estimate of drug-likeness (QED) is 0.604. The maximum Gasteiger partial charge on any atom is 0.302 e. The van der Waals surface area contributed by atoms with Crippen LogP contribution in [0.15, 0.2) is 0 Å². The standard InChI is InChI=1S/C8H12F2O2/c1-6(11)12-5-7-3-2-4-8(7,9)10/h7H,2-5H2,1H3. The lowest BCUT2D eigenvalue weighted by Crippen LogP contribution is -2.26. The Hall–Kier alpha value is -0.670. The molecule has 12 heavy (non-hydrogen) atoms. The van der Waals surface area contributed by atoms with Crippen LogP contribution in [0.5, 0.6) is 0 Å². The summed E-state index contributed by atoms with van der Waals surface area (Å²) in [5.41, 5.74) is 0. The van der Waals surface area contributed by atoms with Crippen molar-refractivity contribution < 1.29 is 18.3 Å². The van der Waals surface area contributed by atoms with Gasteiger partial charge in [-0.15, -0.1) is 0 Å². The predicted octanol–water partition coefficient (Wildman–Crippen LogP) is 1.98. The van der Waals surface area contributed by atoms with Crippen molar-refractivity contribution in [3.8, 4) is 0 Å². The van der Waals surface area contributed by atoms with E-state index in [4.69, 9.17) is 0 Å². The molecule has 0 bridgehead atoms. The Morgan fingerprint density at radius 2 is 2.33 bits per heavy atom. The Labute approximate surface area is 69.9 Å². The summed E-state index contributed by atoms with van der Waals surface area (Å²) < 4.78 is 30.3.